The lowest BCUT2D eigenvalue weighted by molar-refractivity contribution is -0.224. The Balaban J connectivity index is 1.06. The summed E-state index contributed by atoms with van der Waals surface area (Å²) in [7, 11) is 0. The maximum atomic E-state index is 15.3. The van der Waals surface area contributed by atoms with E-state index in [1.165, 1.54) is 6.07 Å². The van der Waals surface area contributed by atoms with Gasteiger partial charge in [-0.05, 0) is 87.2 Å². The highest BCUT2D eigenvalue weighted by atomic mass is 19.3. The Morgan fingerprint density at radius 1 is 0.795 bits per heavy atom. The van der Waals surface area contributed by atoms with E-state index >= 15 is 4.39 Å². The van der Waals surface area contributed by atoms with Gasteiger partial charge in [0.15, 0.2) is 23.7 Å². The monoisotopic (exact) mass is 628 g/mol. The van der Waals surface area contributed by atoms with Crippen LogP contribution in [0.1, 0.15) is 94.5 Å². The van der Waals surface area contributed by atoms with Crippen LogP contribution >= 0.6 is 0 Å². The summed E-state index contributed by atoms with van der Waals surface area (Å²) in [6.45, 7) is 4.45. The Labute approximate surface area is 255 Å². The highest BCUT2D eigenvalue weighted by molar-refractivity contribution is 5.29. The second-order valence-corrected chi connectivity index (χ2v) is 12.7. The van der Waals surface area contributed by atoms with Crippen molar-refractivity contribution in [3.8, 4) is 5.75 Å². The summed E-state index contributed by atoms with van der Waals surface area (Å²) in [5.41, 5.74) is 1.36. The fraction of sp³-hybridized carbons (Fsp3) is 0.647. The first kappa shape index (κ1) is 33.1. The van der Waals surface area contributed by atoms with Crippen molar-refractivity contribution in [1.29, 1.82) is 0 Å². The molecule has 1 saturated heterocycles. The molecule has 0 bridgehead atoms. The van der Waals surface area contributed by atoms with E-state index in [4.69, 9.17) is 14.2 Å². The predicted molar refractivity (Wildman–Crippen MR) is 152 cm³/mol. The molecule has 1 aliphatic heterocycles. The van der Waals surface area contributed by atoms with Gasteiger partial charge >= 0.3 is 6.11 Å². The fourth-order valence-corrected chi connectivity index (χ4v) is 7.01. The van der Waals surface area contributed by atoms with Crippen LogP contribution in [-0.4, -0.2) is 32.5 Å². The molecule has 2 saturated carbocycles. The average molecular weight is 629 g/mol. The molecule has 0 spiro atoms. The minimum Gasteiger partial charge on any atom is -0.432 e. The highest BCUT2D eigenvalue weighted by Gasteiger charge is 2.45. The van der Waals surface area contributed by atoms with Crippen LogP contribution in [0.25, 0.3) is 0 Å². The maximum Gasteiger partial charge on any atom is 0.400 e. The van der Waals surface area contributed by atoms with Crippen molar-refractivity contribution in [2.45, 2.75) is 89.4 Å². The number of unbranched alkanes of at least 4 members (excludes halogenated alkanes) is 1. The lowest BCUT2D eigenvalue weighted by Gasteiger charge is -2.39. The Morgan fingerprint density at radius 3 is 2.00 bits per heavy atom. The molecular formula is C34H42F6O4. The second-order valence-electron chi connectivity index (χ2n) is 12.7. The first-order valence-electron chi connectivity index (χ1n) is 16.0. The van der Waals surface area contributed by atoms with Crippen LogP contribution in [0.2, 0.25) is 0 Å². The van der Waals surface area contributed by atoms with E-state index in [9.17, 15) is 22.0 Å². The van der Waals surface area contributed by atoms with Crippen molar-refractivity contribution in [2.24, 2.45) is 23.7 Å². The van der Waals surface area contributed by atoms with E-state index in [0.29, 0.717) is 61.8 Å². The van der Waals surface area contributed by atoms with Crippen molar-refractivity contribution < 1.29 is 45.3 Å². The van der Waals surface area contributed by atoms with Crippen LogP contribution in [0, 0.1) is 46.9 Å². The summed E-state index contributed by atoms with van der Waals surface area (Å²) < 4.78 is 107. The molecular weight excluding hydrogens is 586 g/mol. The third-order valence-corrected chi connectivity index (χ3v) is 9.60. The molecule has 5 rings (SSSR count). The van der Waals surface area contributed by atoms with Crippen LogP contribution in [0.3, 0.4) is 0 Å². The molecule has 2 aliphatic carbocycles. The Kier molecular flexibility index (Phi) is 11.2. The molecule has 2 aromatic carbocycles. The largest absolute Gasteiger partial charge is 0.432 e. The third kappa shape index (κ3) is 8.10. The molecule has 3 fully saturated rings. The van der Waals surface area contributed by atoms with Crippen molar-refractivity contribution >= 4 is 0 Å². The van der Waals surface area contributed by atoms with Gasteiger partial charge in [0.1, 0.15) is 11.6 Å². The summed E-state index contributed by atoms with van der Waals surface area (Å²) in [5, 5.41) is 0. The van der Waals surface area contributed by atoms with Crippen LogP contribution < -0.4 is 4.74 Å². The lowest BCUT2D eigenvalue weighted by Crippen LogP contribution is -2.38. The summed E-state index contributed by atoms with van der Waals surface area (Å²) >= 11 is 0. The van der Waals surface area contributed by atoms with Crippen LogP contribution in [-0.2, 0) is 14.2 Å². The van der Waals surface area contributed by atoms with Gasteiger partial charge in [-0.3, -0.25) is 0 Å². The van der Waals surface area contributed by atoms with Crippen LogP contribution in [0.5, 0.6) is 5.75 Å². The first-order valence-corrected chi connectivity index (χ1v) is 16.0. The van der Waals surface area contributed by atoms with Crippen molar-refractivity contribution in [2.75, 3.05) is 26.4 Å². The Bertz CT molecular complexity index is 1200. The number of benzene rings is 2. The molecule has 0 amide bonds. The molecule has 1 heterocycles. The zero-order valence-corrected chi connectivity index (χ0v) is 25.2. The summed E-state index contributed by atoms with van der Waals surface area (Å²) in [6, 6.07) is 6.11. The zero-order valence-electron chi connectivity index (χ0n) is 25.2. The standard InChI is InChI=1S/C34H42F6O4/c1-2-3-14-41-18-21-19-42-33(43-20-21)25-10-13-28(29(35)15-25)24-6-4-22(5-7-24)23-8-11-26(12-9-23)34(39,40)44-27-16-30(36)32(38)31(37)17-27/h10,13,15-17,21-24,26,33H,2-9,11-12,14,18-20H2,1H3. The summed E-state index contributed by atoms with van der Waals surface area (Å²) in [4.78, 5) is 0. The summed E-state index contributed by atoms with van der Waals surface area (Å²) in [5.74, 6) is -6.02. The van der Waals surface area contributed by atoms with Gasteiger partial charge < -0.3 is 18.9 Å². The van der Waals surface area contributed by atoms with E-state index in [0.717, 1.165) is 45.1 Å². The van der Waals surface area contributed by atoms with Gasteiger partial charge in [-0.1, -0.05) is 25.5 Å². The number of ether oxygens (including phenoxy) is 4. The van der Waals surface area contributed by atoms with E-state index in [2.05, 4.69) is 11.7 Å². The van der Waals surface area contributed by atoms with Gasteiger partial charge in [0, 0.05) is 30.2 Å². The van der Waals surface area contributed by atoms with E-state index in [1.54, 1.807) is 0 Å². The van der Waals surface area contributed by atoms with Crippen molar-refractivity contribution in [3.63, 3.8) is 0 Å². The number of alkyl halides is 2. The molecule has 0 atom stereocenters. The van der Waals surface area contributed by atoms with E-state index in [1.807, 2.05) is 12.1 Å². The second kappa shape index (κ2) is 14.9. The van der Waals surface area contributed by atoms with Gasteiger partial charge in [0.25, 0.3) is 0 Å². The summed E-state index contributed by atoms with van der Waals surface area (Å²) in [6.07, 6.45) is 3.00. The number of hydrogen-bond acceptors (Lipinski definition) is 4. The SMILES string of the molecule is CCCCOCC1COC(c2ccc(C3CCC(C4CCC(C(F)(F)Oc5cc(F)c(F)c(F)c5)CC4)CC3)c(F)c2)OC1. The highest BCUT2D eigenvalue weighted by Crippen LogP contribution is 2.47. The van der Waals surface area contributed by atoms with E-state index in [-0.39, 0.29) is 36.4 Å². The molecule has 3 aliphatic rings. The maximum absolute atomic E-state index is 15.3. The molecule has 244 valence electrons. The van der Waals surface area contributed by atoms with Gasteiger partial charge in [-0.15, -0.1) is 0 Å². The first-order chi connectivity index (χ1) is 21.1. The molecule has 0 aromatic heterocycles. The quantitative estimate of drug-likeness (QED) is 0.141. The topological polar surface area (TPSA) is 36.9 Å². The molecule has 10 heteroatoms. The van der Waals surface area contributed by atoms with Crippen molar-refractivity contribution in [1.82, 2.24) is 0 Å². The molecule has 0 radical (unpaired) electrons. The number of halogens is 6. The normalized spacial score (nSPS) is 28.2. The van der Waals surface area contributed by atoms with E-state index < -0.39 is 41.5 Å². The number of rotatable bonds is 11. The molecule has 4 nitrogen and oxygen atoms in total. The van der Waals surface area contributed by atoms with Gasteiger partial charge in [0.05, 0.1) is 25.7 Å². The van der Waals surface area contributed by atoms with Gasteiger partial charge in [-0.2, -0.15) is 8.78 Å². The third-order valence-electron chi connectivity index (χ3n) is 9.60. The molecule has 0 N–H and O–H groups in total. The predicted octanol–water partition coefficient (Wildman–Crippen LogP) is 9.47. The lowest BCUT2D eigenvalue weighted by atomic mass is 9.68. The van der Waals surface area contributed by atoms with Crippen molar-refractivity contribution in [3.05, 3.63) is 64.7 Å². The Hall–Kier alpha value is -2.30. The van der Waals surface area contributed by atoms with Crippen LogP contribution in [0.15, 0.2) is 30.3 Å². The fourth-order valence-electron chi connectivity index (χ4n) is 7.01. The molecule has 2 aromatic rings. The Morgan fingerprint density at radius 2 is 1.41 bits per heavy atom. The zero-order chi connectivity index (χ0) is 31.3. The number of hydrogen-bond donors (Lipinski definition) is 0. The van der Waals surface area contributed by atoms with Gasteiger partial charge in [-0.25, -0.2) is 17.6 Å². The van der Waals surface area contributed by atoms with Crippen LogP contribution in [0.4, 0.5) is 26.3 Å². The minimum absolute atomic E-state index is 0.101. The minimum atomic E-state index is -3.62. The van der Waals surface area contributed by atoms with Gasteiger partial charge in [0.2, 0.25) is 0 Å². The smallest absolute Gasteiger partial charge is 0.400 e. The molecule has 44 heavy (non-hydrogen) atoms. The average Bonchev–Trinajstić information content (AvgIpc) is 3.02. The molecule has 0 unspecified atom stereocenters.